The van der Waals surface area contributed by atoms with Crippen LogP contribution in [0.5, 0.6) is 0 Å². The summed E-state index contributed by atoms with van der Waals surface area (Å²) in [5.74, 6) is 0. The molecule has 2 fully saturated rings. The topological polar surface area (TPSA) is 24.5 Å². The van der Waals surface area contributed by atoms with Crippen LogP contribution in [0.2, 0.25) is 0 Å². The molecule has 20 heavy (non-hydrogen) atoms. The zero-order valence-electron chi connectivity index (χ0n) is 12.4. The smallest absolute Gasteiger partial charge is 0.0859 e. The molecule has 0 spiro atoms. The minimum absolute atomic E-state index is 0.345. The molecule has 3 atom stereocenters. The largest absolute Gasteiger partial charge is 0.374 e. The Labute approximate surface area is 126 Å². The highest BCUT2D eigenvalue weighted by Gasteiger charge is 2.35. The molecular formula is C16H26N2OS. The van der Waals surface area contributed by atoms with E-state index in [9.17, 15) is 0 Å². The quantitative estimate of drug-likeness (QED) is 0.872. The minimum atomic E-state index is 0.345. The van der Waals surface area contributed by atoms with Crippen molar-refractivity contribution in [1.29, 1.82) is 0 Å². The van der Waals surface area contributed by atoms with E-state index >= 15 is 0 Å². The van der Waals surface area contributed by atoms with Crippen molar-refractivity contribution in [1.82, 2.24) is 10.2 Å². The second kappa shape index (κ2) is 7.03. The fraction of sp³-hybridized carbons (Fsp3) is 0.750. The summed E-state index contributed by atoms with van der Waals surface area (Å²) in [5.41, 5.74) is 0. The first-order chi connectivity index (χ1) is 9.86. The van der Waals surface area contributed by atoms with Crippen molar-refractivity contribution in [2.45, 2.75) is 50.8 Å². The van der Waals surface area contributed by atoms with Gasteiger partial charge in [-0.3, -0.25) is 4.90 Å². The average Bonchev–Trinajstić information content (AvgIpc) is 3.13. The first-order valence-corrected chi connectivity index (χ1v) is 8.86. The van der Waals surface area contributed by atoms with E-state index in [1.54, 1.807) is 0 Å². The van der Waals surface area contributed by atoms with Gasteiger partial charge in [-0.15, -0.1) is 11.3 Å². The number of hydrogen-bond donors (Lipinski definition) is 1. The molecule has 3 heterocycles. The van der Waals surface area contributed by atoms with Crippen LogP contribution in [0.25, 0.3) is 0 Å². The number of fused-ring (bicyclic) bond motifs is 1. The normalized spacial score (nSPS) is 28.4. The first kappa shape index (κ1) is 14.5. The highest BCUT2D eigenvalue weighted by molar-refractivity contribution is 7.09. The van der Waals surface area contributed by atoms with Crippen LogP contribution in [0.4, 0.5) is 0 Å². The van der Waals surface area contributed by atoms with Crippen LogP contribution in [0.3, 0.4) is 0 Å². The summed E-state index contributed by atoms with van der Waals surface area (Å²) < 4.78 is 6.20. The number of thiophene rings is 1. The number of morpholine rings is 1. The minimum Gasteiger partial charge on any atom is -0.374 e. The summed E-state index contributed by atoms with van der Waals surface area (Å²) in [6.45, 7) is 6.62. The predicted octanol–water partition coefficient (Wildman–Crippen LogP) is 2.52. The molecule has 2 saturated heterocycles. The maximum Gasteiger partial charge on any atom is 0.0859 e. The van der Waals surface area contributed by atoms with Crippen LogP contribution in [-0.4, -0.2) is 49.3 Å². The molecule has 4 heteroatoms. The van der Waals surface area contributed by atoms with Crippen molar-refractivity contribution >= 4 is 11.3 Å². The van der Waals surface area contributed by atoms with Gasteiger partial charge in [0.2, 0.25) is 0 Å². The summed E-state index contributed by atoms with van der Waals surface area (Å²) in [4.78, 5) is 4.11. The molecule has 112 valence electrons. The second-order valence-corrected chi connectivity index (χ2v) is 7.04. The van der Waals surface area contributed by atoms with Crippen LogP contribution in [0, 0.1) is 0 Å². The molecule has 1 N–H and O–H groups in total. The molecule has 0 bridgehead atoms. The number of ether oxygens (including phenoxy) is 1. The van der Waals surface area contributed by atoms with Gasteiger partial charge >= 0.3 is 0 Å². The molecular weight excluding hydrogens is 268 g/mol. The third kappa shape index (κ3) is 3.42. The van der Waals surface area contributed by atoms with E-state index < -0.39 is 0 Å². The summed E-state index contributed by atoms with van der Waals surface area (Å²) >= 11 is 1.86. The number of nitrogens with one attached hydrogen (secondary N) is 1. The molecule has 3 unspecified atom stereocenters. The fourth-order valence-electron chi connectivity index (χ4n) is 3.40. The van der Waals surface area contributed by atoms with E-state index in [0.717, 1.165) is 26.1 Å². The Balaban J connectivity index is 1.62. The Morgan fingerprint density at radius 2 is 2.50 bits per heavy atom. The predicted molar refractivity (Wildman–Crippen MR) is 84.4 cm³/mol. The molecule has 0 aliphatic carbocycles. The zero-order chi connectivity index (χ0) is 13.8. The van der Waals surface area contributed by atoms with Crippen LogP contribution >= 0.6 is 11.3 Å². The van der Waals surface area contributed by atoms with Gasteiger partial charge in [-0.2, -0.15) is 0 Å². The van der Waals surface area contributed by atoms with Crippen LogP contribution in [0.1, 0.15) is 31.1 Å². The van der Waals surface area contributed by atoms with Crippen molar-refractivity contribution in [3.05, 3.63) is 22.4 Å². The molecule has 3 nitrogen and oxygen atoms in total. The van der Waals surface area contributed by atoms with E-state index in [-0.39, 0.29) is 0 Å². The molecule has 0 radical (unpaired) electrons. The van der Waals surface area contributed by atoms with E-state index in [1.165, 1.54) is 30.7 Å². The summed E-state index contributed by atoms with van der Waals surface area (Å²) in [7, 11) is 0. The average molecular weight is 294 g/mol. The van der Waals surface area contributed by atoms with Crippen molar-refractivity contribution < 1.29 is 4.74 Å². The molecule has 1 aromatic rings. The Morgan fingerprint density at radius 3 is 3.30 bits per heavy atom. The Hall–Kier alpha value is -0.420. The molecule has 0 amide bonds. The van der Waals surface area contributed by atoms with E-state index in [4.69, 9.17) is 4.74 Å². The van der Waals surface area contributed by atoms with Crippen molar-refractivity contribution in [2.75, 3.05) is 26.2 Å². The lowest BCUT2D eigenvalue weighted by atomic mass is 10.0. The van der Waals surface area contributed by atoms with E-state index in [2.05, 4.69) is 34.7 Å². The highest BCUT2D eigenvalue weighted by atomic mass is 32.1. The number of rotatable bonds is 6. The summed E-state index contributed by atoms with van der Waals surface area (Å²) in [5, 5.41) is 5.88. The zero-order valence-corrected chi connectivity index (χ0v) is 13.2. The SMILES string of the molecule is CCCNC(Cc1cccs1)C1CN2CCCC2CO1. The van der Waals surface area contributed by atoms with Gasteiger partial charge in [0.1, 0.15) is 0 Å². The Morgan fingerprint density at radius 1 is 1.55 bits per heavy atom. The van der Waals surface area contributed by atoms with Gasteiger partial charge in [0, 0.05) is 23.5 Å². The monoisotopic (exact) mass is 294 g/mol. The van der Waals surface area contributed by atoms with Gasteiger partial charge in [0.05, 0.1) is 12.7 Å². The molecule has 0 saturated carbocycles. The van der Waals surface area contributed by atoms with Gasteiger partial charge in [-0.1, -0.05) is 13.0 Å². The third-order valence-electron chi connectivity index (χ3n) is 4.52. The molecule has 2 aliphatic heterocycles. The lowest BCUT2D eigenvalue weighted by Gasteiger charge is -2.39. The number of nitrogens with zero attached hydrogens (tertiary/aromatic N) is 1. The first-order valence-electron chi connectivity index (χ1n) is 7.98. The van der Waals surface area contributed by atoms with Gasteiger partial charge in [0.25, 0.3) is 0 Å². The lowest BCUT2D eigenvalue weighted by Crippen LogP contribution is -2.54. The van der Waals surface area contributed by atoms with Crippen LogP contribution in [0.15, 0.2) is 17.5 Å². The molecule has 0 aromatic carbocycles. The maximum absolute atomic E-state index is 6.20. The molecule has 2 aliphatic rings. The Kier molecular flexibility index (Phi) is 5.10. The van der Waals surface area contributed by atoms with Gasteiger partial charge in [0.15, 0.2) is 0 Å². The third-order valence-corrected chi connectivity index (χ3v) is 5.42. The van der Waals surface area contributed by atoms with Crippen molar-refractivity contribution in [3.8, 4) is 0 Å². The van der Waals surface area contributed by atoms with E-state index in [0.29, 0.717) is 18.2 Å². The van der Waals surface area contributed by atoms with Crippen LogP contribution in [-0.2, 0) is 11.2 Å². The highest BCUT2D eigenvalue weighted by Crippen LogP contribution is 2.25. The summed E-state index contributed by atoms with van der Waals surface area (Å²) in [6, 6.07) is 5.54. The fourth-order valence-corrected chi connectivity index (χ4v) is 4.16. The standard InChI is InChI=1S/C16H26N2OS/c1-2-7-17-15(10-14-6-4-9-20-14)16-11-18-8-3-5-13(18)12-19-16/h4,6,9,13,15-17H,2-3,5,7-8,10-12H2,1H3. The van der Waals surface area contributed by atoms with E-state index in [1.807, 2.05) is 11.3 Å². The maximum atomic E-state index is 6.20. The molecule has 3 rings (SSSR count). The van der Waals surface area contributed by atoms with Gasteiger partial charge in [-0.25, -0.2) is 0 Å². The molecule has 1 aromatic heterocycles. The summed E-state index contributed by atoms with van der Waals surface area (Å²) in [6.07, 6.45) is 5.29. The number of hydrogen-bond acceptors (Lipinski definition) is 4. The van der Waals surface area contributed by atoms with Crippen molar-refractivity contribution in [2.24, 2.45) is 0 Å². The Bertz CT molecular complexity index is 395. The van der Waals surface area contributed by atoms with Gasteiger partial charge in [-0.05, 0) is 50.2 Å². The second-order valence-electron chi connectivity index (χ2n) is 6.01. The van der Waals surface area contributed by atoms with Gasteiger partial charge < -0.3 is 10.1 Å². The lowest BCUT2D eigenvalue weighted by molar-refractivity contribution is -0.0642. The van der Waals surface area contributed by atoms with Crippen molar-refractivity contribution in [3.63, 3.8) is 0 Å². The van der Waals surface area contributed by atoms with Crippen LogP contribution < -0.4 is 5.32 Å².